The predicted octanol–water partition coefficient (Wildman–Crippen LogP) is 2.65. The van der Waals surface area contributed by atoms with E-state index in [4.69, 9.17) is 0 Å². The Morgan fingerprint density at radius 2 is 1.72 bits per heavy atom. The summed E-state index contributed by atoms with van der Waals surface area (Å²) >= 11 is 0. The third-order valence-electron chi connectivity index (χ3n) is 3.23. The molecule has 1 heterocycles. The SMILES string of the molecule is CNC(c1cc(C)cc(C)c1)c1cn(C)nc1C. The van der Waals surface area contributed by atoms with E-state index in [1.807, 2.05) is 18.8 Å². The van der Waals surface area contributed by atoms with Gasteiger partial charge in [-0.2, -0.15) is 5.10 Å². The van der Waals surface area contributed by atoms with E-state index in [-0.39, 0.29) is 6.04 Å². The molecular formula is C15H21N3. The Kier molecular flexibility index (Phi) is 3.53. The van der Waals surface area contributed by atoms with Crippen molar-refractivity contribution in [1.82, 2.24) is 15.1 Å². The molecule has 2 rings (SSSR count). The summed E-state index contributed by atoms with van der Waals surface area (Å²) < 4.78 is 1.87. The number of hydrogen-bond acceptors (Lipinski definition) is 2. The van der Waals surface area contributed by atoms with Crippen molar-refractivity contribution in [3.05, 3.63) is 52.3 Å². The Bertz CT molecular complexity index is 535. The molecule has 18 heavy (non-hydrogen) atoms. The molecular weight excluding hydrogens is 222 g/mol. The molecule has 1 N–H and O–H groups in total. The fourth-order valence-electron chi connectivity index (χ4n) is 2.58. The topological polar surface area (TPSA) is 29.9 Å². The van der Waals surface area contributed by atoms with E-state index in [1.165, 1.54) is 22.3 Å². The fraction of sp³-hybridized carbons (Fsp3) is 0.400. The summed E-state index contributed by atoms with van der Waals surface area (Å²) in [5.41, 5.74) is 6.21. The lowest BCUT2D eigenvalue weighted by atomic mass is 9.96. The van der Waals surface area contributed by atoms with Gasteiger partial charge in [0.25, 0.3) is 0 Å². The van der Waals surface area contributed by atoms with Crippen LogP contribution in [0.2, 0.25) is 0 Å². The molecule has 3 nitrogen and oxygen atoms in total. The first kappa shape index (κ1) is 12.8. The maximum atomic E-state index is 4.43. The van der Waals surface area contributed by atoms with E-state index in [1.54, 1.807) is 0 Å². The second-order valence-electron chi connectivity index (χ2n) is 4.99. The van der Waals surface area contributed by atoms with Crippen LogP contribution in [0.15, 0.2) is 24.4 Å². The minimum Gasteiger partial charge on any atom is -0.309 e. The average molecular weight is 243 g/mol. The largest absolute Gasteiger partial charge is 0.309 e. The van der Waals surface area contributed by atoms with Gasteiger partial charge in [-0.15, -0.1) is 0 Å². The molecule has 0 spiro atoms. The van der Waals surface area contributed by atoms with E-state index in [2.05, 4.69) is 55.6 Å². The van der Waals surface area contributed by atoms with E-state index >= 15 is 0 Å². The van der Waals surface area contributed by atoms with Crippen molar-refractivity contribution in [2.45, 2.75) is 26.8 Å². The Hall–Kier alpha value is -1.61. The number of aryl methyl sites for hydroxylation is 4. The van der Waals surface area contributed by atoms with Crippen LogP contribution in [0.5, 0.6) is 0 Å². The predicted molar refractivity (Wildman–Crippen MR) is 74.8 cm³/mol. The van der Waals surface area contributed by atoms with Gasteiger partial charge >= 0.3 is 0 Å². The van der Waals surface area contributed by atoms with Crippen molar-refractivity contribution < 1.29 is 0 Å². The highest BCUT2D eigenvalue weighted by atomic mass is 15.3. The van der Waals surface area contributed by atoms with Crippen LogP contribution in [0.25, 0.3) is 0 Å². The quantitative estimate of drug-likeness (QED) is 0.898. The molecule has 1 atom stereocenters. The van der Waals surface area contributed by atoms with Crippen LogP contribution >= 0.6 is 0 Å². The lowest BCUT2D eigenvalue weighted by Gasteiger charge is -2.17. The van der Waals surface area contributed by atoms with Crippen molar-refractivity contribution in [3.63, 3.8) is 0 Å². The molecule has 1 aromatic carbocycles. The summed E-state index contributed by atoms with van der Waals surface area (Å²) in [5, 5.41) is 7.82. The van der Waals surface area contributed by atoms with E-state index in [0.29, 0.717) is 0 Å². The second kappa shape index (κ2) is 4.94. The van der Waals surface area contributed by atoms with Crippen LogP contribution in [-0.4, -0.2) is 16.8 Å². The van der Waals surface area contributed by atoms with Gasteiger partial charge in [-0.25, -0.2) is 0 Å². The van der Waals surface area contributed by atoms with Gasteiger partial charge < -0.3 is 5.32 Å². The van der Waals surface area contributed by atoms with Crippen LogP contribution < -0.4 is 5.32 Å². The van der Waals surface area contributed by atoms with Gasteiger partial charge in [0, 0.05) is 18.8 Å². The maximum absolute atomic E-state index is 4.43. The molecule has 0 aliphatic rings. The molecule has 1 unspecified atom stereocenters. The van der Waals surface area contributed by atoms with Crippen molar-refractivity contribution >= 4 is 0 Å². The van der Waals surface area contributed by atoms with Crippen LogP contribution in [0.1, 0.15) is 34.0 Å². The number of nitrogens with zero attached hydrogens (tertiary/aromatic N) is 2. The van der Waals surface area contributed by atoms with E-state index in [0.717, 1.165) is 5.69 Å². The smallest absolute Gasteiger partial charge is 0.0644 e. The fourth-order valence-corrected chi connectivity index (χ4v) is 2.58. The van der Waals surface area contributed by atoms with Crippen molar-refractivity contribution in [1.29, 1.82) is 0 Å². The monoisotopic (exact) mass is 243 g/mol. The third kappa shape index (κ3) is 2.46. The molecule has 0 bridgehead atoms. The number of nitrogens with one attached hydrogen (secondary N) is 1. The molecule has 0 amide bonds. The number of rotatable bonds is 3. The van der Waals surface area contributed by atoms with Crippen LogP contribution in [0.4, 0.5) is 0 Å². The van der Waals surface area contributed by atoms with Crippen molar-refractivity contribution in [2.24, 2.45) is 7.05 Å². The van der Waals surface area contributed by atoms with Gasteiger partial charge in [0.15, 0.2) is 0 Å². The summed E-state index contributed by atoms with van der Waals surface area (Å²) in [7, 11) is 3.96. The van der Waals surface area contributed by atoms with Crippen molar-refractivity contribution in [3.8, 4) is 0 Å². The lowest BCUT2D eigenvalue weighted by molar-refractivity contribution is 0.685. The first-order valence-corrected chi connectivity index (χ1v) is 6.27. The average Bonchev–Trinajstić information content (AvgIpc) is 2.58. The Morgan fingerprint density at radius 3 is 2.17 bits per heavy atom. The summed E-state index contributed by atoms with van der Waals surface area (Å²) in [6.45, 7) is 6.33. The maximum Gasteiger partial charge on any atom is 0.0644 e. The molecule has 0 saturated carbocycles. The third-order valence-corrected chi connectivity index (χ3v) is 3.23. The van der Waals surface area contributed by atoms with Gasteiger partial charge in [-0.1, -0.05) is 29.3 Å². The first-order chi connectivity index (χ1) is 8.51. The molecule has 2 aromatic rings. The zero-order valence-corrected chi connectivity index (χ0v) is 11.8. The zero-order chi connectivity index (χ0) is 13.3. The van der Waals surface area contributed by atoms with E-state index in [9.17, 15) is 0 Å². The molecule has 0 radical (unpaired) electrons. The number of hydrogen-bond donors (Lipinski definition) is 1. The van der Waals surface area contributed by atoms with Crippen LogP contribution in [0, 0.1) is 20.8 Å². The standard InChI is InChI=1S/C15H21N3/c1-10-6-11(2)8-13(7-10)15(16-4)14-9-18(5)17-12(14)3/h6-9,15-16H,1-5H3. The van der Waals surface area contributed by atoms with Gasteiger partial charge in [-0.3, -0.25) is 4.68 Å². The molecule has 0 saturated heterocycles. The molecule has 96 valence electrons. The van der Waals surface area contributed by atoms with Gasteiger partial charge in [0.2, 0.25) is 0 Å². The van der Waals surface area contributed by atoms with Crippen LogP contribution in [0.3, 0.4) is 0 Å². The Morgan fingerprint density at radius 1 is 1.11 bits per heavy atom. The summed E-state index contributed by atoms with van der Waals surface area (Å²) in [4.78, 5) is 0. The van der Waals surface area contributed by atoms with E-state index < -0.39 is 0 Å². The first-order valence-electron chi connectivity index (χ1n) is 6.27. The summed E-state index contributed by atoms with van der Waals surface area (Å²) in [5.74, 6) is 0. The highest BCUT2D eigenvalue weighted by molar-refractivity contribution is 5.37. The van der Waals surface area contributed by atoms with Crippen molar-refractivity contribution in [2.75, 3.05) is 7.05 Å². The molecule has 3 heteroatoms. The lowest BCUT2D eigenvalue weighted by Crippen LogP contribution is -2.18. The summed E-state index contributed by atoms with van der Waals surface area (Å²) in [6.07, 6.45) is 2.09. The molecule has 0 fully saturated rings. The summed E-state index contributed by atoms with van der Waals surface area (Å²) in [6, 6.07) is 6.88. The Balaban J connectivity index is 2.48. The molecule has 0 aliphatic carbocycles. The number of aromatic nitrogens is 2. The second-order valence-corrected chi connectivity index (χ2v) is 4.99. The molecule has 0 aliphatic heterocycles. The van der Waals surface area contributed by atoms with Gasteiger partial charge in [0.1, 0.15) is 0 Å². The minimum absolute atomic E-state index is 0.206. The molecule has 1 aromatic heterocycles. The van der Waals surface area contributed by atoms with Crippen LogP contribution in [-0.2, 0) is 7.05 Å². The number of benzene rings is 1. The normalized spacial score (nSPS) is 12.7. The highest BCUT2D eigenvalue weighted by Gasteiger charge is 2.17. The van der Waals surface area contributed by atoms with Gasteiger partial charge in [-0.05, 0) is 33.4 Å². The zero-order valence-electron chi connectivity index (χ0n) is 11.8. The Labute approximate surface area is 109 Å². The highest BCUT2D eigenvalue weighted by Crippen LogP contribution is 2.25. The minimum atomic E-state index is 0.206. The van der Waals surface area contributed by atoms with Gasteiger partial charge in [0.05, 0.1) is 11.7 Å².